The molecule has 0 aliphatic rings. The Morgan fingerprint density at radius 2 is 2.31 bits per heavy atom. The third-order valence-electron chi connectivity index (χ3n) is 1.61. The first kappa shape index (κ1) is 10.4. The molecule has 0 aromatic carbocycles. The van der Waals surface area contributed by atoms with Crippen molar-refractivity contribution in [2.45, 2.75) is 27.2 Å². The maximum absolute atomic E-state index is 10.8. The number of aryl methyl sites for hydroxylation is 1. The first-order valence-corrected chi connectivity index (χ1v) is 5.19. The van der Waals surface area contributed by atoms with Crippen LogP contribution in [0.1, 0.15) is 24.4 Å². The number of thiazole rings is 1. The largest absolute Gasteiger partial charge is 0.335 e. The average Bonchev–Trinajstić information content (AvgIpc) is 2.26. The molecule has 1 rings (SSSR count). The first-order valence-electron chi connectivity index (χ1n) is 3.96. The van der Waals surface area contributed by atoms with E-state index in [0.717, 1.165) is 17.0 Å². The van der Waals surface area contributed by atoms with Crippen LogP contribution >= 0.6 is 23.6 Å². The molecule has 0 saturated carbocycles. The van der Waals surface area contributed by atoms with Crippen molar-refractivity contribution in [1.82, 2.24) is 4.73 Å². The molecule has 72 valence electrons. The van der Waals surface area contributed by atoms with Crippen LogP contribution in [0.4, 0.5) is 0 Å². The maximum atomic E-state index is 10.8. The highest BCUT2D eigenvalue weighted by Gasteiger charge is 2.09. The molecule has 1 aromatic heterocycles. The van der Waals surface area contributed by atoms with Crippen molar-refractivity contribution >= 4 is 29.5 Å². The van der Waals surface area contributed by atoms with E-state index >= 15 is 0 Å². The second-order valence-corrected chi connectivity index (χ2v) is 4.45. The molecule has 1 heterocycles. The molecule has 0 unspecified atom stereocenters. The summed E-state index contributed by atoms with van der Waals surface area (Å²) in [6.45, 7) is 5.34. The van der Waals surface area contributed by atoms with E-state index in [1.54, 1.807) is 0 Å². The fourth-order valence-corrected chi connectivity index (χ4v) is 2.46. The Balaban J connectivity index is 3.17. The molecule has 0 N–H and O–H groups in total. The number of aromatic nitrogens is 1. The zero-order valence-electron chi connectivity index (χ0n) is 7.79. The van der Waals surface area contributed by atoms with E-state index in [1.165, 1.54) is 23.0 Å². The zero-order chi connectivity index (χ0) is 10.0. The van der Waals surface area contributed by atoms with E-state index < -0.39 is 0 Å². The minimum Gasteiger partial charge on any atom is -0.335 e. The highest BCUT2D eigenvalue weighted by Crippen LogP contribution is 2.17. The third kappa shape index (κ3) is 2.16. The van der Waals surface area contributed by atoms with Gasteiger partial charge in [0.15, 0.2) is 3.95 Å². The number of nitrogens with zero attached hydrogens (tertiary/aromatic N) is 1. The van der Waals surface area contributed by atoms with Crippen LogP contribution in [0.2, 0.25) is 0 Å². The Kier molecular flexibility index (Phi) is 3.22. The van der Waals surface area contributed by atoms with Crippen molar-refractivity contribution in [3.05, 3.63) is 14.5 Å². The van der Waals surface area contributed by atoms with Crippen LogP contribution in [0.25, 0.3) is 0 Å². The Morgan fingerprint density at radius 1 is 1.69 bits per heavy atom. The molecule has 0 amide bonds. The van der Waals surface area contributed by atoms with Gasteiger partial charge in [-0.15, -0.1) is 11.3 Å². The molecule has 0 radical (unpaired) electrons. The molecule has 0 atom stereocenters. The van der Waals surface area contributed by atoms with Gasteiger partial charge in [0.25, 0.3) is 0 Å². The predicted molar refractivity (Wildman–Crippen MR) is 54.5 cm³/mol. The lowest BCUT2D eigenvalue weighted by Crippen LogP contribution is -2.18. The summed E-state index contributed by atoms with van der Waals surface area (Å²) in [6.07, 6.45) is 0.812. The second-order valence-electron chi connectivity index (χ2n) is 2.60. The highest BCUT2D eigenvalue weighted by atomic mass is 32.1. The maximum Gasteiger partial charge on any atom is 0.329 e. The summed E-state index contributed by atoms with van der Waals surface area (Å²) in [5, 5.41) is 0. The topological polar surface area (TPSA) is 31.2 Å². The standard InChI is InChI=1S/C8H11NO2S2/c1-4-7-5(2)13-8(12)9(7)11-6(3)10/h4H2,1-3H3. The lowest BCUT2D eigenvalue weighted by atomic mass is 10.3. The van der Waals surface area contributed by atoms with Gasteiger partial charge in [0, 0.05) is 11.8 Å². The Morgan fingerprint density at radius 3 is 2.77 bits per heavy atom. The van der Waals surface area contributed by atoms with Gasteiger partial charge in [-0.2, -0.15) is 4.73 Å². The van der Waals surface area contributed by atoms with E-state index in [1.807, 2.05) is 13.8 Å². The molecule has 0 bridgehead atoms. The van der Waals surface area contributed by atoms with Gasteiger partial charge in [0.05, 0.1) is 5.69 Å². The van der Waals surface area contributed by atoms with Gasteiger partial charge in [0.1, 0.15) is 0 Å². The molecule has 0 aliphatic carbocycles. The number of rotatable bonds is 2. The Labute approximate surface area is 85.9 Å². The summed E-state index contributed by atoms with van der Waals surface area (Å²) < 4.78 is 2.03. The fraction of sp³-hybridized carbons (Fsp3) is 0.500. The highest BCUT2D eigenvalue weighted by molar-refractivity contribution is 7.73. The van der Waals surface area contributed by atoms with Gasteiger partial charge in [-0.25, -0.2) is 4.79 Å². The van der Waals surface area contributed by atoms with Crippen LogP contribution < -0.4 is 4.84 Å². The molecular formula is C8H11NO2S2. The van der Waals surface area contributed by atoms with Gasteiger partial charge in [-0.1, -0.05) is 6.92 Å². The quantitative estimate of drug-likeness (QED) is 0.711. The van der Waals surface area contributed by atoms with Crippen molar-refractivity contribution < 1.29 is 9.63 Å². The molecule has 3 nitrogen and oxygen atoms in total. The van der Waals surface area contributed by atoms with E-state index in [9.17, 15) is 4.79 Å². The molecule has 0 saturated heterocycles. The third-order valence-corrected chi connectivity index (χ3v) is 2.91. The average molecular weight is 217 g/mol. The number of carbonyl (C=O) groups excluding carboxylic acids is 1. The lowest BCUT2D eigenvalue weighted by Gasteiger charge is -2.04. The van der Waals surface area contributed by atoms with Crippen molar-refractivity contribution in [3.8, 4) is 0 Å². The molecule has 0 spiro atoms. The summed E-state index contributed by atoms with van der Waals surface area (Å²) in [7, 11) is 0. The SMILES string of the molecule is CCc1c(C)sc(=S)n1OC(C)=O. The number of hydrogen-bond acceptors (Lipinski definition) is 4. The van der Waals surface area contributed by atoms with E-state index in [-0.39, 0.29) is 5.97 Å². The molecule has 5 heteroatoms. The summed E-state index contributed by atoms with van der Waals surface area (Å²) in [5.41, 5.74) is 0.977. The summed E-state index contributed by atoms with van der Waals surface area (Å²) in [4.78, 5) is 16.8. The van der Waals surface area contributed by atoms with Crippen LogP contribution in [0.5, 0.6) is 0 Å². The van der Waals surface area contributed by atoms with E-state index in [0.29, 0.717) is 3.95 Å². The summed E-state index contributed by atoms with van der Waals surface area (Å²) in [5.74, 6) is -0.344. The minimum atomic E-state index is -0.344. The van der Waals surface area contributed by atoms with Gasteiger partial charge in [-0.05, 0) is 25.6 Å². The zero-order valence-corrected chi connectivity index (χ0v) is 9.42. The van der Waals surface area contributed by atoms with E-state index in [4.69, 9.17) is 17.1 Å². The van der Waals surface area contributed by atoms with Crippen molar-refractivity contribution in [2.24, 2.45) is 0 Å². The number of hydrogen-bond donors (Lipinski definition) is 0. The number of carbonyl (C=O) groups is 1. The van der Waals surface area contributed by atoms with Crippen molar-refractivity contribution in [2.75, 3.05) is 0 Å². The monoisotopic (exact) mass is 217 g/mol. The van der Waals surface area contributed by atoms with Crippen molar-refractivity contribution in [1.29, 1.82) is 0 Å². The summed E-state index contributed by atoms with van der Waals surface area (Å²) in [6, 6.07) is 0. The molecular weight excluding hydrogens is 206 g/mol. The summed E-state index contributed by atoms with van der Waals surface area (Å²) >= 11 is 6.51. The second kappa shape index (κ2) is 4.02. The van der Waals surface area contributed by atoms with Crippen molar-refractivity contribution in [3.63, 3.8) is 0 Å². The molecule has 13 heavy (non-hydrogen) atoms. The van der Waals surface area contributed by atoms with Crippen LogP contribution in [0, 0.1) is 10.9 Å². The first-order chi connectivity index (χ1) is 6.06. The van der Waals surface area contributed by atoms with Crippen LogP contribution in [-0.2, 0) is 11.2 Å². The molecule has 1 aromatic rings. The van der Waals surface area contributed by atoms with E-state index in [2.05, 4.69) is 0 Å². The van der Waals surface area contributed by atoms with Crippen LogP contribution in [0.15, 0.2) is 0 Å². The Bertz CT molecular complexity index is 378. The molecule has 0 fully saturated rings. The lowest BCUT2D eigenvalue weighted by molar-refractivity contribution is -0.141. The van der Waals surface area contributed by atoms with Crippen LogP contribution in [0.3, 0.4) is 0 Å². The van der Waals surface area contributed by atoms with Crippen LogP contribution in [-0.4, -0.2) is 10.7 Å². The van der Waals surface area contributed by atoms with Gasteiger partial charge >= 0.3 is 5.97 Å². The smallest absolute Gasteiger partial charge is 0.329 e. The molecule has 0 aliphatic heterocycles. The minimum absolute atomic E-state index is 0.344. The Hall–Kier alpha value is -0.680. The predicted octanol–water partition coefficient (Wildman–Crippen LogP) is 2.13. The van der Waals surface area contributed by atoms with Gasteiger partial charge in [-0.3, -0.25) is 0 Å². The van der Waals surface area contributed by atoms with Gasteiger partial charge in [0.2, 0.25) is 0 Å². The normalized spacial score (nSPS) is 10.1. The van der Waals surface area contributed by atoms with Gasteiger partial charge < -0.3 is 4.84 Å². The fourth-order valence-electron chi connectivity index (χ4n) is 1.10.